The number of amides is 1. The summed E-state index contributed by atoms with van der Waals surface area (Å²) >= 11 is 1.69. The third-order valence-corrected chi connectivity index (χ3v) is 6.27. The minimum atomic E-state index is -0.328. The molecule has 1 saturated heterocycles. The van der Waals surface area contributed by atoms with E-state index in [0.29, 0.717) is 35.0 Å². The maximum Gasteiger partial charge on any atom is 0.270 e. The number of ether oxygens (including phenoxy) is 1. The van der Waals surface area contributed by atoms with Gasteiger partial charge in [-0.1, -0.05) is 30.8 Å². The van der Waals surface area contributed by atoms with Crippen LogP contribution >= 0.6 is 11.8 Å². The summed E-state index contributed by atoms with van der Waals surface area (Å²) in [6.07, 6.45) is 8.91. The normalized spacial score (nSPS) is 18.6. The van der Waals surface area contributed by atoms with Crippen LogP contribution in [0.4, 0.5) is 11.9 Å². The molecule has 2 aromatic rings. The number of H-pyrrole nitrogens is 1. The van der Waals surface area contributed by atoms with Gasteiger partial charge in [-0.2, -0.15) is 5.21 Å². The van der Waals surface area contributed by atoms with Gasteiger partial charge in [-0.25, -0.2) is 9.97 Å². The Morgan fingerprint density at radius 2 is 2.00 bits per heavy atom. The predicted molar refractivity (Wildman–Crippen MR) is 105 cm³/mol. The molecule has 0 bridgehead atoms. The largest absolute Gasteiger partial charge is 0.378 e. The van der Waals surface area contributed by atoms with Gasteiger partial charge in [0.2, 0.25) is 5.95 Å². The third-order valence-electron chi connectivity index (χ3n) is 4.93. The molecule has 2 aromatic heterocycles. The van der Waals surface area contributed by atoms with Crippen molar-refractivity contribution in [3.05, 3.63) is 11.8 Å². The van der Waals surface area contributed by atoms with E-state index < -0.39 is 0 Å². The summed E-state index contributed by atoms with van der Waals surface area (Å²) in [7, 11) is 0. The molecule has 0 aromatic carbocycles. The van der Waals surface area contributed by atoms with Crippen molar-refractivity contribution in [2.75, 3.05) is 36.5 Å². The van der Waals surface area contributed by atoms with Gasteiger partial charge in [-0.3, -0.25) is 10.1 Å². The number of hydrogen-bond acceptors (Lipinski definition) is 9. The van der Waals surface area contributed by atoms with Crippen molar-refractivity contribution >= 4 is 29.6 Å². The number of nitrogens with one attached hydrogen (secondary N) is 2. The van der Waals surface area contributed by atoms with Gasteiger partial charge >= 0.3 is 0 Å². The Hall–Kier alpha value is -2.27. The number of carbonyl (C=O) groups is 1. The summed E-state index contributed by atoms with van der Waals surface area (Å²) in [6.45, 7) is 2.83. The molecule has 2 fully saturated rings. The first kappa shape index (κ1) is 19.1. The first-order valence-electron chi connectivity index (χ1n) is 9.71. The van der Waals surface area contributed by atoms with Crippen molar-refractivity contribution < 1.29 is 9.53 Å². The van der Waals surface area contributed by atoms with Crippen LogP contribution in [0.3, 0.4) is 0 Å². The van der Waals surface area contributed by atoms with Gasteiger partial charge < -0.3 is 9.64 Å². The average Bonchev–Trinajstić information content (AvgIpc) is 3.10. The zero-order chi connectivity index (χ0) is 19.2. The Bertz CT molecular complexity index is 773. The zero-order valence-corrected chi connectivity index (χ0v) is 16.5. The highest BCUT2D eigenvalue weighted by atomic mass is 32.2. The molecule has 2 N–H and O–H groups in total. The van der Waals surface area contributed by atoms with Crippen LogP contribution < -0.4 is 10.2 Å². The number of rotatable bonds is 5. The van der Waals surface area contributed by atoms with Gasteiger partial charge in [0.15, 0.2) is 0 Å². The first-order chi connectivity index (χ1) is 13.8. The molecular formula is C17H24N8O2S. The molecular weight excluding hydrogens is 380 g/mol. The van der Waals surface area contributed by atoms with E-state index in [1.54, 1.807) is 18.0 Å². The predicted octanol–water partition coefficient (Wildman–Crippen LogP) is 1.89. The Balaban J connectivity index is 1.58. The zero-order valence-electron chi connectivity index (χ0n) is 15.6. The molecule has 1 amide bonds. The number of thioether (sulfide) groups is 1. The van der Waals surface area contributed by atoms with Crippen LogP contribution in [-0.4, -0.2) is 68.1 Å². The summed E-state index contributed by atoms with van der Waals surface area (Å²) in [6, 6.07) is 0. The molecule has 150 valence electrons. The highest BCUT2D eigenvalue weighted by Crippen LogP contribution is 2.34. The molecule has 1 aliphatic heterocycles. The molecule has 11 heteroatoms. The number of nitrogens with zero attached hydrogens (tertiary/aromatic N) is 6. The minimum Gasteiger partial charge on any atom is -0.378 e. The van der Waals surface area contributed by atoms with E-state index in [-0.39, 0.29) is 11.9 Å². The molecule has 1 aliphatic carbocycles. The highest BCUT2D eigenvalue weighted by molar-refractivity contribution is 7.99. The number of hydrogen-bond donors (Lipinski definition) is 2. The fourth-order valence-electron chi connectivity index (χ4n) is 3.42. The van der Waals surface area contributed by atoms with Crippen molar-refractivity contribution in [3.63, 3.8) is 0 Å². The Morgan fingerprint density at radius 3 is 2.71 bits per heavy atom. The lowest BCUT2D eigenvalue weighted by molar-refractivity contribution is 0.102. The summed E-state index contributed by atoms with van der Waals surface area (Å²) in [5.41, 5.74) is 0.441. The van der Waals surface area contributed by atoms with Crippen LogP contribution in [0.25, 0.3) is 0 Å². The van der Waals surface area contributed by atoms with E-state index in [1.807, 2.05) is 0 Å². The van der Waals surface area contributed by atoms with Crippen LogP contribution in [0.5, 0.6) is 0 Å². The van der Waals surface area contributed by atoms with E-state index >= 15 is 0 Å². The van der Waals surface area contributed by atoms with E-state index in [4.69, 9.17) is 9.72 Å². The molecule has 0 radical (unpaired) electrons. The second-order valence-electron chi connectivity index (χ2n) is 6.91. The molecule has 0 unspecified atom stereocenters. The molecule has 4 rings (SSSR count). The van der Waals surface area contributed by atoms with Gasteiger partial charge in [0.1, 0.15) is 5.03 Å². The van der Waals surface area contributed by atoms with Crippen molar-refractivity contribution in [1.29, 1.82) is 0 Å². The number of tetrazole rings is 1. The summed E-state index contributed by atoms with van der Waals surface area (Å²) in [5.74, 6) is 0.453. The van der Waals surface area contributed by atoms with Crippen LogP contribution in [0, 0.1) is 0 Å². The lowest BCUT2D eigenvalue weighted by Crippen LogP contribution is -2.37. The molecule has 0 spiro atoms. The number of aromatic amines is 1. The third kappa shape index (κ3) is 4.76. The van der Waals surface area contributed by atoms with E-state index in [1.165, 1.54) is 25.7 Å². The van der Waals surface area contributed by atoms with E-state index in [2.05, 4.69) is 35.8 Å². The fourth-order valence-corrected chi connectivity index (χ4v) is 4.71. The smallest absolute Gasteiger partial charge is 0.270 e. The van der Waals surface area contributed by atoms with Crippen molar-refractivity contribution in [1.82, 2.24) is 30.6 Å². The van der Waals surface area contributed by atoms with Gasteiger partial charge in [-0.05, 0) is 18.1 Å². The van der Waals surface area contributed by atoms with Gasteiger partial charge in [0.25, 0.3) is 11.9 Å². The Kier molecular flexibility index (Phi) is 6.32. The van der Waals surface area contributed by atoms with Crippen LogP contribution in [0.2, 0.25) is 0 Å². The maximum atomic E-state index is 12.8. The molecule has 0 atom stereocenters. The SMILES string of the molecule is O=C(Nc1nn[nH]n1)c1cnc(N2CCOCC2)nc1SC1CCCCCC1. The molecule has 1 saturated carbocycles. The summed E-state index contributed by atoms with van der Waals surface area (Å²) in [4.78, 5) is 24.1. The monoisotopic (exact) mass is 404 g/mol. The van der Waals surface area contributed by atoms with Crippen molar-refractivity contribution in [2.24, 2.45) is 0 Å². The highest BCUT2D eigenvalue weighted by Gasteiger charge is 2.23. The molecule has 2 aliphatic rings. The molecule has 28 heavy (non-hydrogen) atoms. The number of morpholine rings is 1. The lowest BCUT2D eigenvalue weighted by atomic mass is 10.2. The van der Waals surface area contributed by atoms with E-state index in [9.17, 15) is 4.79 Å². The number of aromatic nitrogens is 6. The second-order valence-corrected chi connectivity index (χ2v) is 8.20. The molecule has 10 nitrogen and oxygen atoms in total. The van der Waals surface area contributed by atoms with Crippen molar-refractivity contribution in [3.8, 4) is 0 Å². The minimum absolute atomic E-state index is 0.132. The summed E-state index contributed by atoms with van der Waals surface area (Å²) in [5, 5.41) is 17.2. The summed E-state index contributed by atoms with van der Waals surface area (Å²) < 4.78 is 5.42. The Morgan fingerprint density at radius 1 is 1.21 bits per heavy atom. The lowest BCUT2D eigenvalue weighted by Gasteiger charge is -2.27. The van der Waals surface area contributed by atoms with Gasteiger partial charge in [-0.15, -0.1) is 16.9 Å². The molecule has 3 heterocycles. The van der Waals surface area contributed by atoms with Crippen LogP contribution in [-0.2, 0) is 4.74 Å². The average molecular weight is 405 g/mol. The quantitative estimate of drug-likeness (QED) is 0.568. The van der Waals surface area contributed by atoms with E-state index in [0.717, 1.165) is 25.9 Å². The van der Waals surface area contributed by atoms with Gasteiger partial charge in [0, 0.05) is 24.5 Å². The van der Waals surface area contributed by atoms with Crippen LogP contribution in [0.1, 0.15) is 48.9 Å². The first-order valence-corrected chi connectivity index (χ1v) is 10.6. The van der Waals surface area contributed by atoms with Crippen LogP contribution in [0.15, 0.2) is 11.2 Å². The topological polar surface area (TPSA) is 122 Å². The number of carbonyl (C=O) groups excluding carboxylic acids is 1. The van der Waals surface area contributed by atoms with Crippen molar-refractivity contribution in [2.45, 2.75) is 48.8 Å². The fraction of sp³-hybridized carbons (Fsp3) is 0.647. The second kappa shape index (κ2) is 9.28. The number of anilines is 2. The maximum absolute atomic E-state index is 12.8. The Labute approximate surface area is 167 Å². The standard InChI is InChI=1S/C17H24N8O2S/c26-14(19-16-21-23-24-22-16)13-11-18-17(25-7-9-27-10-8-25)20-15(13)28-12-5-3-1-2-4-6-12/h11-12H,1-10H2,(H2,19,21,22,23,24,26). The van der Waals surface area contributed by atoms with Gasteiger partial charge in [0.05, 0.1) is 18.8 Å².